The van der Waals surface area contributed by atoms with Crippen LogP contribution < -0.4 is 15.5 Å². The number of nitrogens with one attached hydrogen (secondary N) is 2. The molecule has 2 N–H and O–H groups in total. The smallest absolute Gasteiger partial charge is 0.327 e. The van der Waals surface area contributed by atoms with Gasteiger partial charge in [0.2, 0.25) is 0 Å². The van der Waals surface area contributed by atoms with Gasteiger partial charge in [-0.05, 0) is 35.9 Å². The van der Waals surface area contributed by atoms with Gasteiger partial charge < -0.3 is 10.6 Å². The third kappa shape index (κ3) is 3.46. The van der Waals surface area contributed by atoms with Gasteiger partial charge in [-0.2, -0.15) is 0 Å². The van der Waals surface area contributed by atoms with Crippen LogP contribution in [0.25, 0.3) is 0 Å². The number of hydrogen-bond acceptors (Lipinski definition) is 2. The summed E-state index contributed by atoms with van der Waals surface area (Å²) >= 11 is 5.84. The van der Waals surface area contributed by atoms with Gasteiger partial charge in [-0.1, -0.05) is 54.1 Å². The Morgan fingerprint density at radius 1 is 1.07 bits per heavy atom. The van der Waals surface area contributed by atoms with E-state index in [0.29, 0.717) is 12.2 Å². The average Bonchev–Trinajstić information content (AvgIpc) is 2.70. The Morgan fingerprint density at radius 2 is 1.81 bits per heavy atom. The summed E-state index contributed by atoms with van der Waals surface area (Å²) in [4.78, 5) is 14.9. The molecule has 0 saturated heterocycles. The van der Waals surface area contributed by atoms with E-state index >= 15 is 0 Å². The summed E-state index contributed by atoms with van der Waals surface area (Å²) in [6.45, 7) is 0.582. The van der Waals surface area contributed by atoms with Crippen molar-refractivity contribution in [1.29, 1.82) is 0 Å². The van der Waals surface area contributed by atoms with Crippen molar-refractivity contribution in [3.8, 4) is 0 Å². The van der Waals surface area contributed by atoms with E-state index in [0.717, 1.165) is 16.9 Å². The number of carbonyl (C=O) groups is 1. The number of rotatable bonds is 2. The van der Waals surface area contributed by atoms with E-state index in [1.807, 2.05) is 54.6 Å². The molecular formula is C21H17ClFN3O. The van der Waals surface area contributed by atoms with Gasteiger partial charge in [-0.25, -0.2) is 9.18 Å². The van der Waals surface area contributed by atoms with E-state index in [1.165, 1.54) is 18.2 Å². The molecule has 2 amide bonds. The van der Waals surface area contributed by atoms with E-state index < -0.39 is 5.82 Å². The van der Waals surface area contributed by atoms with Crippen LogP contribution in [0.1, 0.15) is 11.6 Å². The van der Waals surface area contributed by atoms with E-state index in [2.05, 4.69) is 10.6 Å². The number of urea groups is 1. The van der Waals surface area contributed by atoms with Crippen LogP contribution in [0.3, 0.4) is 0 Å². The maximum atomic E-state index is 13.4. The highest BCUT2D eigenvalue weighted by Gasteiger charge is 2.32. The Bertz CT molecular complexity index is 980. The molecule has 136 valence electrons. The molecule has 1 aliphatic heterocycles. The van der Waals surface area contributed by atoms with Crippen molar-refractivity contribution in [2.24, 2.45) is 0 Å². The van der Waals surface area contributed by atoms with Crippen molar-refractivity contribution in [2.75, 3.05) is 22.1 Å². The quantitative estimate of drug-likeness (QED) is 0.599. The zero-order valence-corrected chi connectivity index (χ0v) is 15.1. The molecule has 0 spiro atoms. The summed E-state index contributed by atoms with van der Waals surface area (Å²) in [6, 6.07) is 21.1. The van der Waals surface area contributed by atoms with E-state index in [1.54, 1.807) is 4.90 Å². The molecule has 1 aliphatic rings. The SMILES string of the molecule is O=C(Nc1ccc(F)c(Cl)c1)N1c2ccccc2NCC1c1ccccc1. The Hall–Kier alpha value is -3.05. The first-order valence-corrected chi connectivity index (χ1v) is 8.94. The minimum atomic E-state index is -0.524. The minimum absolute atomic E-state index is 0.0341. The number of fused-ring (bicyclic) bond motifs is 1. The fourth-order valence-corrected chi connectivity index (χ4v) is 3.43. The number of halogens is 2. The molecule has 3 aromatic carbocycles. The molecule has 0 saturated carbocycles. The third-order valence-electron chi connectivity index (χ3n) is 4.54. The number of para-hydroxylation sites is 2. The number of anilines is 3. The van der Waals surface area contributed by atoms with Crippen molar-refractivity contribution in [1.82, 2.24) is 0 Å². The highest BCUT2D eigenvalue weighted by Crippen LogP contribution is 2.37. The van der Waals surface area contributed by atoms with Crippen LogP contribution >= 0.6 is 11.6 Å². The Balaban J connectivity index is 1.70. The normalized spacial score (nSPS) is 15.6. The molecule has 4 rings (SSSR count). The summed E-state index contributed by atoms with van der Waals surface area (Å²) in [5.41, 5.74) is 3.13. The lowest BCUT2D eigenvalue weighted by Gasteiger charge is -2.38. The van der Waals surface area contributed by atoms with E-state index in [-0.39, 0.29) is 17.1 Å². The van der Waals surface area contributed by atoms with E-state index in [4.69, 9.17) is 11.6 Å². The fraction of sp³-hybridized carbons (Fsp3) is 0.0952. The molecule has 0 fully saturated rings. The molecule has 0 aromatic heterocycles. The van der Waals surface area contributed by atoms with Crippen LogP contribution in [-0.2, 0) is 0 Å². The van der Waals surface area contributed by atoms with Crippen LogP contribution in [0.5, 0.6) is 0 Å². The van der Waals surface area contributed by atoms with Crippen molar-refractivity contribution in [2.45, 2.75) is 6.04 Å². The molecule has 3 aromatic rings. The zero-order chi connectivity index (χ0) is 18.8. The topological polar surface area (TPSA) is 44.4 Å². The molecular weight excluding hydrogens is 365 g/mol. The molecule has 27 heavy (non-hydrogen) atoms. The molecule has 6 heteroatoms. The maximum Gasteiger partial charge on any atom is 0.327 e. The molecule has 0 bridgehead atoms. The van der Waals surface area contributed by atoms with E-state index in [9.17, 15) is 9.18 Å². The summed E-state index contributed by atoms with van der Waals surface area (Å²) in [5.74, 6) is -0.524. The maximum absolute atomic E-state index is 13.4. The first-order chi connectivity index (χ1) is 13.1. The summed E-state index contributed by atoms with van der Waals surface area (Å²) in [6.07, 6.45) is 0. The van der Waals surface area contributed by atoms with Crippen molar-refractivity contribution in [3.63, 3.8) is 0 Å². The lowest BCUT2D eigenvalue weighted by Crippen LogP contribution is -2.44. The second-order valence-corrected chi connectivity index (χ2v) is 6.66. The van der Waals surface area contributed by atoms with Crippen LogP contribution in [0.2, 0.25) is 5.02 Å². The van der Waals surface area contributed by atoms with Gasteiger partial charge in [0.1, 0.15) is 5.82 Å². The van der Waals surface area contributed by atoms with Crippen molar-refractivity contribution in [3.05, 3.63) is 89.2 Å². The molecule has 1 atom stereocenters. The molecule has 0 aliphatic carbocycles. The van der Waals surface area contributed by atoms with Crippen LogP contribution in [0, 0.1) is 5.82 Å². The highest BCUT2D eigenvalue weighted by molar-refractivity contribution is 6.31. The summed E-state index contributed by atoms with van der Waals surface area (Å²) in [7, 11) is 0. The largest absolute Gasteiger partial charge is 0.381 e. The Labute approximate surface area is 161 Å². The van der Waals surface area contributed by atoms with Gasteiger partial charge in [0.05, 0.1) is 22.4 Å². The molecule has 0 radical (unpaired) electrons. The third-order valence-corrected chi connectivity index (χ3v) is 4.82. The Kier molecular flexibility index (Phi) is 4.69. The van der Waals surface area contributed by atoms with Crippen LogP contribution in [0.4, 0.5) is 26.2 Å². The number of carbonyl (C=O) groups excluding carboxylic acids is 1. The summed E-state index contributed by atoms with van der Waals surface area (Å²) in [5, 5.41) is 6.18. The van der Waals surface area contributed by atoms with Crippen molar-refractivity contribution >= 4 is 34.7 Å². The van der Waals surface area contributed by atoms with Crippen LogP contribution in [-0.4, -0.2) is 12.6 Å². The second-order valence-electron chi connectivity index (χ2n) is 6.25. The van der Waals surface area contributed by atoms with Gasteiger partial charge in [0.25, 0.3) is 0 Å². The van der Waals surface area contributed by atoms with Gasteiger partial charge in [-0.3, -0.25) is 4.90 Å². The number of benzene rings is 3. The van der Waals surface area contributed by atoms with Crippen LogP contribution in [0.15, 0.2) is 72.8 Å². The second kappa shape index (κ2) is 7.29. The monoisotopic (exact) mass is 381 g/mol. The number of amides is 2. The first kappa shape index (κ1) is 17.4. The predicted molar refractivity (Wildman–Crippen MR) is 107 cm³/mol. The lowest BCUT2D eigenvalue weighted by atomic mass is 10.0. The highest BCUT2D eigenvalue weighted by atomic mass is 35.5. The minimum Gasteiger partial charge on any atom is -0.381 e. The number of nitrogens with zero attached hydrogens (tertiary/aromatic N) is 1. The van der Waals surface area contributed by atoms with Gasteiger partial charge in [-0.15, -0.1) is 0 Å². The molecule has 1 unspecified atom stereocenters. The lowest BCUT2D eigenvalue weighted by molar-refractivity contribution is 0.255. The average molecular weight is 382 g/mol. The Morgan fingerprint density at radius 3 is 2.59 bits per heavy atom. The van der Waals surface area contributed by atoms with Gasteiger partial charge in [0.15, 0.2) is 0 Å². The fourth-order valence-electron chi connectivity index (χ4n) is 3.25. The van der Waals surface area contributed by atoms with Gasteiger partial charge in [0, 0.05) is 12.2 Å². The van der Waals surface area contributed by atoms with Crippen molar-refractivity contribution < 1.29 is 9.18 Å². The summed E-state index contributed by atoms with van der Waals surface area (Å²) < 4.78 is 13.4. The molecule has 4 nitrogen and oxygen atoms in total. The standard InChI is InChI=1S/C21H17ClFN3O/c22-16-12-15(10-11-17(16)23)25-21(27)26-19-9-5-4-8-18(19)24-13-20(26)14-6-2-1-3-7-14/h1-12,20,24H,13H2,(H,25,27). The number of hydrogen-bond donors (Lipinski definition) is 2. The van der Waals surface area contributed by atoms with Gasteiger partial charge >= 0.3 is 6.03 Å². The first-order valence-electron chi connectivity index (χ1n) is 8.56. The molecule has 1 heterocycles. The zero-order valence-electron chi connectivity index (χ0n) is 14.3. The predicted octanol–water partition coefficient (Wildman–Crippen LogP) is 5.68.